The maximum Gasteiger partial charge on any atom is 0.242 e. The van der Waals surface area contributed by atoms with Gasteiger partial charge in [-0.15, -0.1) is 0 Å². The van der Waals surface area contributed by atoms with Gasteiger partial charge in [0.1, 0.15) is 0 Å². The molecule has 0 aromatic carbocycles. The minimum Gasteiger partial charge on any atom is -0.354 e. The van der Waals surface area contributed by atoms with Crippen LogP contribution in [0.2, 0.25) is 0 Å². The molecule has 0 atom stereocenters. The molecule has 5 nitrogen and oxygen atoms in total. The lowest BCUT2D eigenvalue weighted by Gasteiger charge is -2.40. The summed E-state index contributed by atoms with van der Waals surface area (Å²) < 4.78 is 0. The van der Waals surface area contributed by atoms with Crippen molar-refractivity contribution in [2.45, 2.75) is 31.2 Å². The van der Waals surface area contributed by atoms with Crippen LogP contribution < -0.4 is 11.1 Å². The second-order valence-corrected chi connectivity index (χ2v) is 4.40. The third-order valence-corrected chi connectivity index (χ3v) is 3.27. The number of nitrogens with zero attached hydrogens (tertiary/aromatic N) is 1. The highest BCUT2D eigenvalue weighted by Gasteiger charge is 2.42. The maximum absolute atomic E-state index is 12.0. The molecule has 1 aliphatic heterocycles. The van der Waals surface area contributed by atoms with Gasteiger partial charge in [0.05, 0.1) is 5.54 Å². The molecule has 1 saturated heterocycles. The fourth-order valence-electron chi connectivity index (χ4n) is 2.06. The Balaban J connectivity index is 1.97. The second-order valence-electron chi connectivity index (χ2n) is 4.40. The Bertz CT molecular complexity index is 286. The molecule has 2 fully saturated rings. The van der Waals surface area contributed by atoms with E-state index in [2.05, 4.69) is 5.32 Å². The second kappa shape index (κ2) is 3.81. The molecule has 2 amide bonds. The summed E-state index contributed by atoms with van der Waals surface area (Å²) in [5.41, 5.74) is 5.33. The van der Waals surface area contributed by atoms with E-state index in [1.807, 2.05) is 0 Å². The number of carbonyl (C=O) groups is 2. The smallest absolute Gasteiger partial charge is 0.242 e. The van der Waals surface area contributed by atoms with E-state index in [1.54, 1.807) is 4.90 Å². The minimum absolute atomic E-state index is 0.0185. The molecule has 1 saturated carbocycles. The molecule has 0 radical (unpaired) electrons. The lowest BCUT2D eigenvalue weighted by Crippen LogP contribution is -2.60. The van der Waals surface area contributed by atoms with Crippen molar-refractivity contribution in [3.05, 3.63) is 0 Å². The normalized spacial score (nSPS) is 25.1. The van der Waals surface area contributed by atoms with E-state index in [4.69, 9.17) is 5.73 Å². The van der Waals surface area contributed by atoms with E-state index >= 15 is 0 Å². The zero-order valence-electron chi connectivity index (χ0n) is 8.79. The number of rotatable bonds is 1. The van der Waals surface area contributed by atoms with Crippen molar-refractivity contribution in [3.63, 3.8) is 0 Å². The number of carbonyl (C=O) groups excluding carboxylic acids is 2. The van der Waals surface area contributed by atoms with Gasteiger partial charge >= 0.3 is 0 Å². The van der Waals surface area contributed by atoms with Crippen molar-refractivity contribution in [1.82, 2.24) is 10.2 Å². The molecule has 0 aromatic rings. The summed E-state index contributed by atoms with van der Waals surface area (Å²) in [5, 5.41) is 2.74. The van der Waals surface area contributed by atoms with Crippen molar-refractivity contribution in [1.29, 1.82) is 0 Å². The van der Waals surface area contributed by atoms with Gasteiger partial charge in [-0.25, -0.2) is 0 Å². The summed E-state index contributed by atoms with van der Waals surface area (Å²) in [6.07, 6.45) is 2.99. The fraction of sp³-hybridized carbons (Fsp3) is 0.800. The summed E-state index contributed by atoms with van der Waals surface area (Å²) >= 11 is 0. The van der Waals surface area contributed by atoms with E-state index in [0.29, 0.717) is 26.1 Å². The van der Waals surface area contributed by atoms with Gasteiger partial charge < -0.3 is 16.0 Å². The molecule has 0 spiro atoms. The lowest BCUT2D eigenvalue weighted by molar-refractivity contribution is -0.140. The zero-order valence-corrected chi connectivity index (χ0v) is 8.79. The van der Waals surface area contributed by atoms with E-state index < -0.39 is 5.54 Å². The van der Waals surface area contributed by atoms with E-state index in [1.165, 1.54) is 0 Å². The molecule has 3 N–H and O–H groups in total. The van der Waals surface area contributed by atoms with Crippen LogP contribution in [-0.2, 0) is 9.59 Å². The van der Waals surface area contributed by atoms with Crippen molar-refractivity contribution >= 4 is 11.8 Å². The monoisotopic (exact) mass is 211 g/mol. The van der Waals surface area contributed by atoms with Crippen molar-refractivity contribution in [3.8, 4) is 0 Å². The minimum atomic E-state index is -0.632. The van der Waals surface area contributed by atoms with Crippen LogP contribution in [0.3, 0.4) is 0 Å². The molecule has 0 aromatic heterocycles. The molecule has 15 heavy (non-hydrogen) atoms. The molecule has 84 valence electrons. The fourth-order valence-corrected chi connectivity index (χ4v) is 2.06. The Labute approximate surface area is 89.0 Å². The van der Waals surface area contributed by atoms with Crippen molar-refractivity contribution in [2.75, 3.05) is 19.6 Å². The van der Waals surface area contributed by atoms with Crippen LogP contribution in [0.1, 0.15) is 25.7 Å². The Hall–Kier alpha value is -1.10. The molecule has 0 unspecified atom stereocenters. The predicted octanol–water partition coefficient (Wildman–Crippen LogP) is -0.784. The Morgan fingerprint density at radius 2 is 2.13 bits per heavy atom. The highest BCUT2D eigenvalue weighted by atomic mass is 16.2. The topological polar surface area (TPSA) is 75.4 Å². The highest BCUT2D eigenvalue weighted by Crippen LogP contribution is 2.31. The van der Waals surface area contributed by atoms with E-state index in [0.717, 1.165) is 19.3 Å². The summed E-state index contributed by atoms with van der Waals surface area (Å²) in [4.78, 5) is 24.8. The third kappa shape index (κ3) is 1.97. The first-order valence-electron chi connectivity index (χ1n) is 5.47. The van der Waals surface area contributed by atoms with Crippen molar-refractivity contribution < 1.29 is 9.59 Å². The average Bonchev–Trinajstić information content (AvgIpc) is 2.38. The average molecular weight is 211 g/mol. The molecule has 5 heteroatoms. The Kier molecular flexibility index (Phi) is 2.65. The first kappa shape index (κ1) is 10.4. The van der Waals surface area contributed by atoms with Gasteiger partial charge in [-0.3, -0.25) is 9.59 Å². The SMILES string of the molecule is NC1(C(=O)N2CCNC(=O)CC2)CCC1. The van der Waals surface area contributed by atoms with Crippen LogP contribution in [0, 0.1) is 0 Å². The number of amides is 2. The van der Waals surface area contributed by atoms with Gasteiger partial charge in [0.25, 0.3) is 0 Å². The van der Waals surface area contributed by atoms with Gasteiger partial charge in [-0.05, 0) is 19.3 Å². The molecule has 2 rings (SSSR count). The zero-order chi connectivity index (χ0) is 10.9. The summed E-state index contributed by atoms with van der Waals surface area (Å²) in [6, 6.07) is 0. The molecular weight excluding hydrogens is 194 g/mol. The molecule has 1 heterocycles. The molecule has 1 aliphatic carbocycles. The van der Waals surface area contributed by atoms with E-state index in [9.17, 15) is 9.59 Å². The molecule has 0 bridgehead atoms. The number of nitrogens with two attached hydrogens (primary N) is 1. The van der Waals surface area contributed by atoms with Crippen LogP contribution in [-0.4, -0.2) is 41.9 Å². The third-order valence-electron chi connectivity index (χ3n) is 3.27. The molecule has 2 aliphatic rings. The van der Waals surface area contributed by atoms with Crippen molar-refractivity contribution in [2.24, 2.45) is 5.73 Å². The standard InChI is InChI=1S/C10H17N3O2/c11-10(3-1-4-10)9(15)13-6-2-8(14)12-5-7-13/h1-7,11H2,(H,12,14). The van der Waals surface area contributed by atoms with Gasteiger partial charge in [0.15, 0.2) is 0 Å². The number of hydrogen-bond donors (Lipinski definition) is 2. The summed E-state index contributed by atoms with van der Waals surface area (Å²) in [7, 11) is 0. The summed E-state index contributed by atoms with van der Waals surface area (Å²) in [6.45, 7) is 1.63. The van der Waals surface area contributed by atoms with Crippen LogP contribution in [0.4, 0.5) is 0 Å². The van der Waals surface area contributed by atoms with Crippen LogP contribution >= 0.6 is 0 Å². The number of nitrogens with one attached hydrogen (secondary N) is 1. The number of hydrogen-bond acceptors (Lipinski definition) is 3. The van der Waals surface area contributed by atoms with E-state index in [-0.39, 0.29) is 11.8 Å². The van der Waals surface area contributed by atoms with Crippen LogP contribution in [0.15, 0.2) is 0 Å². The lowest BCUT2D eigenvalue weighted by atomic mass is 9.76. The highest BCUT2D eigenvalue weighted by molar-refractivity contribution is 5.88. The predicted molar refractivity (Wildman–Crippen MR) is 55.0 cm³/mol. The Morgan fingerprint density at radius 3 is 2.73 bits per heavy atom. The largest absolute Gasteiger partial charge is 0.354 e. The molecular formula is C10H17N3O2. The van der Waals surface area contributed by atoms with Gasteiger partial charge in [-0.1, -0.05) is 0 Å². The van der Waals surface area contributed by atoms with Gasteiger partial charge in [0, 0.05) is 26.1 Å². The van der Waals surface area contributed by atoms with Crippen LogP contribution in [0.25, 0.3) is 0 Å². The first-order valence-corrected chi connectivity index (χ1v) is 5.47. The summed E-state index contributed by atoms with van der Waals surface area (Å²) in [5.74, 6) is 0.0373. The van der Waals surface area contributed by atoms with Gasteiger partial charge in [-0.2, -0.15) is 0 Å². The van der Waals surface area contributed by atoms with Crippen LogP contribution in [0.5, 0.6) is 0 Å². The van der Waals surface area contributed by atoms with Gasteiger partial charge in [0.2, 0.25) is 11.8 Å². The Morgan fingerprint density at radius 1 is 1.40 bits per heavy atom. The first-order chi connectivity index (χ1) is 7.12. The quantitative estimate of drug-likeness (QED) is 0.597. The maximum atomic E-state index is 12.0.